The summed E-state index contributed by atoms with van der Waals surface area (Å²) in [7, 11) is 1.19. The summed E-state index contributed by atoms with van der Waals surface area (Å²) in [6, 6.07) is 3.83. The van der Waals surface area contributed by atoms with Gasteiger partial charge in [0, 0.05) is 24.1 Å². The lowest BCUT2D eigenvalue weighted by Crippen LogP contribution is -2.32. The first-order chi connectivity index (χ1) is 23.2. The van der Waals surface area contributed by atoms with Crippen LogP contribution in [0.2, 0.25) is 0 Å². The number of halogens is 10. The van der Waals surface area contributed by atoms with Crippen LogP contribution in [-0.4, -0.2) is 41.8 Å². The summed E-state index contributed by atoms with van der Waals surface area (Å²) >= 11 is 0. The first kappa shape index (κ1) is 37.7. The second-order valence-electron chi connectivity index (χ2n) is 11.0. The predicted molar refractivity (Wildman–Crippen MR) is 153 cm³/mol. The lowest BCUT2D eigenvalue weighted by Gasteiger charge is -2.23. The Bertz CT molecular complexity index is 1790. The van der Waals surface area contributed by atoms with E-state index in [0.717, 1.165) is 23.1 Å². The summed E-state index contributed by atoms with van der Waals surface area (Å²) in [5, 5.41) is 8.77. The van der Waals surface area contributed by atoms with Crippen LogP contribution in [0.25, 0.3) is 0 Å². The molecule has 1 saturated heterocycles. The topological polar surface area (TPSA) is 85.3 Å². The first-order valence-corrected chi connectivity index (χ1v) is 14.4. The fraction of sp³-hybridized carbons (Fsp3) is 0.333. The van der Waals surface area contributed by atoms with E-state index in [-0.39, 0.29) is 53.7 Å². The van der Waals surface area contributed by atoms with Crippen LogP contribution in [0.3, 0.4) is 0 Å². The molecule has 50 heavy (non-hydrogen) atoms. The van der Waals surface area contributed by atoms with Crippen LogP contribution < -0.4 is 9.47 Å². The molecule has 268 valence electrons. The zero-order chi connectivity index (χ0) is 37.2. The SMILES string of the molecule is COc1cc(F)c(OCCCC(=O)O)cc1C#Cc1ccc(C(F)(F)F)cc1CN1C(=O)OC(c2cc(C(F)(F)F)cc(C(F)(F)F)c2)[C@@H]1C. The largest absolute Gasteiger partial charge is 0.495 e. The molecule has 0 aromatic heterocycles. The maximum absolute atomic E-state index is 14.6. The molecule has 1 heterocycles. The highest BCUT2D eigenvalue weighted by atomic mass is 19.4. The Morgan fingerprint density at radius 3 is 2.02 bits per heavy atom. The van der Waals surface area contributed by atoms with E-state index in [1.54, 1.807) is 0 Å². The van der Waals surface area contributed by atoms with Gasteiger partial charge in [0.1, 0.15) is 11.9 Å². The van der Waals surface area contributed by atoms with E-state index in [4.69, 9.17) is 19.3 Å². The van der Waals surface area contributed by atoms with Crippen molar-refractivity contribution in [1.29, 1.82) is 0 Å². The maximum Gasteiger partial charge on any atom is 0.416 e. The van der Waals surface area contributed by atoms with E-state index in [2.05, 4.69) is 11.8 Å². The van der Waals surface area contributed by atoms with Crippen LogP contribution >= 0.6 is 0 Å². The highest BCUT2D eigenvalue weighted by Gasteiger charge is 2.43. The fourth-order valence-electron chi connectivity index (χ4n) is 4.96. The number of hydrogen-bond donors (Lipinski definition) is 1. The summed E-state index contributed by atoms with van der Waals surface area (Å²) in [5.74, 6) is 2.86. The summed E-state index contributed by atoms with van der Waals surface area (Å²) < 4.78 is 152. The van der Waals surface area contributed by atoms with E-state index >= 15 is 0 Å². The third-order valence-electron chi connectivity index (χ3n) is 7.48. The molecule has 1 amide bonds. The number of amides is 1. The Morgan fingerprint density at radius 2 is 1.46 bits per heavy atom. The van der Waals surface area contributed by atoms with Crippen LogP contribution in [0, 0.1) is 17.7 Å². The number of methoxy groups -OCH3 is 1. The second kappa shape index (κ2) is 14.4. The number of carbonyl (C=O) groups excluding carboxylic acids is 1. The van der Waals surface area contributed by atoms with Gasteiger partial charge in [-0.3, -0.25) is 9.69 Å². The van der Waals surface area contributed by atoms with Crippen molar-refractivity contribution >= 4 is 12.1 Å². The fourth-order valence-corrected chi connectivity index (χ4v) is 4.96. The van der Waals surface area contributed by atoms with E-state index in [1.807, 2.05) is 0 Å². The molecule has 4 rings (SSSR count). The molecule has 3 aromatic rings. The minimum atomic E-state index is -5.19. The van der Waals surface area contributed by atoms with Crippen molar-refractivity contribution in [3.05, 3.63) is 93.3 Å². The third kappa shape index (κ3) is 8.90. The van der Waals surface area contributed by atoms with E-state index < -0.39 is 77.4 Å². The van der Waals surface area contributed by atoms with Crippen LogP contribution in [0.4, 0.5) is 48.7 Å². The molecule has 17 heteroatoms. The van der Waals surface area contributed by atoms with Crippen molar-refractivity contribution < 1.29 is 72.8 Å². The number of cyclic esters (lactones) is 1. The average molecular weight is 722 g/mol. The molecule has 0 radical (unpaired) electrons. The maximum atomic E-state index is 14.6. The number of ether oxygens (including phenoxy) is 3. The van der Waals surface area contributed by atoms with Gasteiger partial charge in [-0.2, -0.15) is 39.5 Å². The van der Waals surface area contributed by atoms with Crippen LogP contribution in [0.5, 0.6) is 11.5 Å². The minimum absolute atomic E-state index is 0.00649. The number of benzene rings is 3. The van der Waals surface area contributed by atoms with Gasteiger partial charge in [-0.05, 0) is 60.9 Å². The van der Waals surface area contributed by atoms with Crippen molar-refractivity contribution in [3.8, 4) is 23.3 Å². The number of hydrogen-bond acceptors (Lipinski definition) is 5. The number of carboxylic acid groups (broad SMARTS) is 1. The number of carbonyl (C=O) groups is 2. The van der Waals surface area contributed by atoms with Crippen molar-refractivity contribution in [3.63, 3.8) is 0 Å². The van der Waals surface area contributed by atoms with Gasteiger partial charge in [-0.15, -0.1) is 0 Å². The molecule has 0 saturated carbocycles. The monoisotopic (exact) mass is 721 g/mol. The normalized spacial score (nSPS) is 16.5. The molecule has 1 aliphatic heterocycles. The summed E-state index contributed by atoms with van der Waals surface area (Å²) in [4.78, 5) is 24.5. The van der Waals surface area contributed by atoms with Crippen molar-refractivity contribution in [2.24, 2.45) is 0 Å². The van der Waals surface area contributed by atoms with Gasteiger partial charge in [0.25, 0.3) is 0 Å². The van der Waals surface area contributed by atoms with Crippen molar-refractivity contribution in [1.82, 2.24) is 4.90 Å². The smallest absolute Gasteiger partial charge is 0.416 e. The number of carboxylic acids is 1. The summed E-state index contributed by atoms with van der Waals surface area (Å²) in [6.07, 6.45) is -18.3. The van der Waals surface area contributed by atoms with E-state index in [9.17, 15) is 53.5 Å². The van der Waals surface area contributed by atoms with E-state index in [0.29, 0.717) is 24.3 Å². The van der Waals surface area contributed by atoms with Crippen molar-refractivity contribution in [2.75, 3.05) is 13.7 Å². The van der Waals surface area contributed by atoms with Gasteiger partial charge < -0.3 is 19.3 Å². The van der Waals surface area contributed by atoms with Gasteiger partial charge in [-0.25, -0.2) is 9.18 Å². The Kier molecular flexibility index (Phi) is 10.8. The lowest BCUT2D eigenvalue weighted by atomic mass is 9.97. The van der Waals surface area contributed by atoms with Gasteiger partial charge in [-0.1, -0.05) is 11.8 Å². The molecule has 1 unspecified atom stereocenters. The van der Waals surface area contributed by atoms with Crippen LogP contribution in [0.1, 0.15) is 64.8 Å². The van der Waals surface area contributed by atoms with Crippen molar-refractivity contribution in [2.45, 2.75) is 57.0 Å². The molecular weight excluding hydrogens is 696 g/mol. The minimum Gasteiger partial charge on any atom is -0.495 e. The summed E-state index contributed by atoms with van der Waals surface area (Å²) in [5.41, 5.74) is -5.39. The molecular formula is C33H25F10NO6. The average Bonchev–Trinajstić information content (AvgIpc) is 3.30. The van der Waals surface area contributed by atoms with Gasteiger partial charge >= 0.3 is 30.6 Å². The standard InChI is InChI=1S/C33H25F10NO6/c1-17-29(20-10-23(32(38,39)40)14-24(11-20)33(41,42)43)50-30(47)44(17)16-21-12-22(31(35,36)37)8-7-18(21)5-6-19-13-27(25(34)15-26(19)48-2)49-9-3-4-28(45)46/h7-8,10-15,17,29H,3-4,9,16H2,1-2H3,(H,45,46)/t17-,29?/m0/s1. The Morgan fingerprint density at radius 1 is 0.860 bits per heavy atom. The first-order valence-electron chi connectivity index (χ1n) is 14.4. The lowest BCUT2D eigenvalue weighted by molar-refractivity contribution is -0.143. The Balaban J connectivity index is 1.71. The quantitative estimate of drug-likeness (QED) is 0.135. The van der Waals surface area contributed by atoms with Crippen LogP contribution in [0.15, 0.2) is 48.5 Å². The van der Waals surface area contributed by atoms with Gasteiger partial charge in [0.05, 0.1) is 48.6 Å². The number of alkyl halides is 9. The van der Waals surface area contributed by atoms with Crippen LogP contribution in [-0.2, 0) is 34.6 Å². The number of nitrogens with zero attached hydrogens (tertiary/aromatic N) is 1. The number of rotatable bonds is 9. The molecule has 1 N–H and O–H groups in total. The molecule has 0 bridgehead atoms. The zero-order valence-electron chi connectivity index (χ0n) is 25.8. The molecule has 1 aliphatic rings. The molecule has 1 fully saturated rings. The van der Waals surface area contributed by atoms with E-state index in [1.165, 1.54) is 14.0 Å². The Labute approximate surface area is 277 Å². The molecule has 2 atom stereocenters. The molecule has 7 nitrogen and oxygen atoms in total. The highest BCUT2D eigenvalue weighted by Crippen LogP contribution is 2.41. The number of aliphatic carboxylic acids is 1. The second-order valence-corrected chi connectivity index (χ2v) is 11.0. The summed E-state index contributed by atoms with van der Waals surface area (Å²) in [6.45, 7) is 0.409. The molecule has 3 aromatic carbocycles. The van der Waals surface area contributed by atoms with Gasteiger partial charge in [0.2, 0.25) is 0 Å². The predicted octanol–water partition coefficient (Wildman–Crippen LogP) is 8.62. The third-order valence-corrected chi connectivity index (χ3v) is 7.48. The highest BCUT2D eigenvalue weighted by molar-refractivity contribution is 5.71. The molecule has 0 aliphatic carbocycles. The Hall–Kier alpha value is -5.14. The van der Waals surface area contributed by atoms with Gasteiger partial charge in [0.15, 0.2) is 11.6 Å². The molecule has 0 spiro atoms. The zero-order valence-corrected chi connectivity index (χ0v) is 25.8.